The number of nitrogens with one attached hydrogen (secondary N) is 1. The molecule has 0 saturated heterocycles. The summed E-state index contributed by atoms with van der Waals surface area (Å²) in [4.78, 5) is 16.4. The van der Waals surface area contributed by atoms with E-state index in [4.69, 9.17) is 21.1 Å². The van der Waals surface area contributed by atoms with Gasteiger partial charge in [-0.05, 0) is 36.4 Å². The van der Waals surface area contributed by atoms with Crippen LogP contribution in [0.25, 0.3) is 5.69 Å². The maximum atomic E-state index is 12.5. The fraction of sp³-hybridized carbons (Fsp3) is 0.118. The van der Waals surface area contributed by atoms with Crippen molar-refractivity contribution in [1.29, 1.82) is 0 Å². The summed E-state index contributed by atoms with van der Waals surface area (Å²) in [6.45, 7) is 0.870. The van der Waals surface area contributed by atoms with Crippen molar-refractivity contribution in [2.24, 2.45) is 0 Å². The lowest BCUT2D eigenvalue weighted by atomic mass is 10.1. The second kappa shape index (κ2) is 6.45. The third kappa shape index (κ3) is 3.14. The van der Waals surface area contributed by atoms with E-state index in [2.05, 4.69) is 15.4 Å². The summed E-state index contributed by atoms with van der Waals surface area (Å²) < 4.78 is 12.6. The molecule has 126 valence electrons. The van der Waals surface area contributed by atoms with Crippen molar-refractivity contribution in [2.75, 3.05) is 18.5 Å². The first kappa shape index (κ1) is 15.5. The van der Waals surface area contributed by atoms with Gasteiger partial charge in [-0.1, -0.05) is 11.6 Å². The molecule has 25 heavy (non-hydrogen) atoms. The molecule has 0 unspecified atom stereocenters. The van der Waals surface area contributed by atoms with Crippen LogP contribution in [0, 0.1) is 0 Å². The summed E-state index contributed by atoms with van der Waals surface area (Å²) in [6.07, 6.45) is 3.06. The van der Waals surface area contributed by atoms with E-state index in [9.17, 15) is 4.79 Å². The summed E-state index contributed by atoms with van der Waals surface area (Å²) in [5.74, 6) is 0.666. The number of carbonyl (C=O) groups excluding carboxylic acids is 1. The van der Waals surface area contributed by atoms with E-state index in [0.717, 1.165) is 5.69 Å². The molecule has 1 N–H and O–H groups in total. The molecule has 7 nitrogen and oxygen atoms in total. The summed E-state index contributed by atoms with van der Waals surface area (Å²) in [6, 6.07) is 10.4. The van der Waals surface area contributed by atoms with Crippen molar-refractivity contribution >= 4 is 23.2 Å². The van der Waals surface area contributed by atoms with Crippen LogP contribution in [0.15, 0.2) is 49.1 Å². The molecule has 1 aromatic heterocycles. The molecule has 0 atom stereocenters. The van der Waals surface area contributed by atoms with E-state index >= 15 is 0 Å². The molecular weight excluding hydrogens is 344 g/mol. The molecule has 4 rings (SSSR count). The molecule has 3 aromatic rings. The van der Waals surface area contributed by atoms with Gasteiger partial charge in [0.25, 0.3) is 5.91 Å². The van der Waals surface area contributed by atoms with Crippen molar-refractivity contribution in [1.82, 2.24) is 14.8 Å². The smallest absolute Gasteiger partial charge is 0.255 e. The predicted octanol–water partition coefficient (Wildman–Crippen LogP) is 2.94. The Morgan fingerprint density at radius 2 is 1.96 bits per heavy atom. The molecule has 2 aromatic carbocycles. The minimum absolute atomic E-state index is 0.285. The molecule has 0 bridgehead atoms. The maximum absolute atomic E-state index is 12.5. The summed E-state index contributed by atoms with van der Waals surface area (Å²) in [7, 11) is 0. The van der Waals surface area contributed by atoms with Gasteiger partial charge in [0.1, 0.15) is 25.9 Å². The van der Waals surface area contributed by atoms with Crippen LogP contribution in [-0.4, -0.2) is 33.9 Å². The Hall–Kier alpha value is -3.06. The highest BCUT2D eigenvalue weighted by molar-refractivity contribution is 6.32. The third-order valence-corrected chi connectivity index (χ3v) is 3.95. The maximum Gasteiger partial charge on any atom is 0.255 e. The monoisotopic (exact) mass is 356 g/mol. The first-order valence-corrected chi connectivity index (χ1v) is 7.94. The highest BCUT2D eigenvalue weighted by Gasteiger charge is 2.19. The highest BCUT2D eigenvalue weighted by atomic mass is 35.5. The van der Waals surface area contributed by atoms with Crippen molar-refractivity contribution in [3.05, 3.63) is 59.6 Å². The standard InChI is InChI=1S/C17H13ClN4O3/c18-14-7-11(8-15-16(14)25-6-5-24-15)17(23)21-12-1-3-13(4-2-12)22-10-19-9-20-22/h1-4,7-10H,5-6H2,(H,21,23). The van der Waals surface area contributed by atoms with Gasteiger partial charge in [-0.3, -0.25) is 4.79 Å². The van der Waals surface area contributed by atoms with E-state index in [1.165, 1.54) is 6.33 Å². The Bertz CT molecular complexity index is 910. The lowest BCUT2D eigenvalue weighted by molar-refractivity contribution is 0.102. The fourth-order valence-electron chi connectivity index (χ4n) is 2.48. The normalized spacial score (nSPS) is 12.7. The minimum atomic E-state index is -0.285. The van der Waals surface area contributed by atoms with Crippen LogP contribution in [0.4, 0.5) is 5.69 Å². The van der Waals surface area contributed by atoms with Gasteiger partial charge >= 0.3 is 0 Å². The number of hydrogen-bond donors (Lipinski definition) is 1. The molecule has 2 heterocycles. The Labute approximate surface area is 148 Å². The van der Waals surface area contributed by atoms with Gasteiger partial charge in [0.05, 0.1) is 10.7 Å². The molecule has 0 fully saturated rings. The lowest BCUT2D eigenvalue weighted by Gasteiger charge is -2.20. The number of nitrogens with zero attached hydrogens (tertiary/aromatic N) is 3. The fourth-order valence-corrected chi connectivity index (χ4v) is 2.75. The highest BCUT2D eigenvalue weighted by Crippen LogP contribution is 2.38. The Morgan fingerprint density at radius 1 is 1.16 bits per heavy atom. The number of halogens is 1. The summed E-state index contributed by atoms with van der Waals surface area (Å²) in [5.41, 5.74) is 1.90. The van der Waals surface area contributed by atoms with Crippen LogP contribution in [0.3, 0.4) is 0 Å². The molecule has 0 aliphatic carbocycles. The van der Waals surface area contributed by atoms with E-state index in [1.54, 1.807) is 35.3 Å². The van der Waals surface area contributed by atoms with Gasteiger partial charge in [-0.2, -0.15) is 5.10 Å². The third-order valence-electron chi connectivity index (χ3n) is 3.67. The molecular formula is C17H13ClN4O3. The molecule has 1 amide bonds. The quantitative estimate of drug-likeness (QED) is 0.780. The van der Waals surface area contributed by atoms with Crippen molar-refractivity contribution in [2.45, 2.75) is 0 Å². The first-order valence-electron chi connectivity index (χ1n) is 7.56. The number of ether oxygens (including phenoxy) is 2. The van der Waals surface area contributed by atoms with Crippen LogP contribution >= 0.6 is 11.6 Å². The second-order valence-corrected chi connectivity index (χ2v) is 5.73. The number of carbonyl (C=O) groups is 1. The zero-order valence-corrected chi connectivity index (χ0v) is 13.7. The van der Waals surface area contributed by atoms with Crippen LogP contribution < -0.4 is 14.8 Å². The summed E-state index contributed by atoms with van der Waals surface area (Å²) >= 11 is 6.17. The predicted molar refractivity (Wildman–Crippen MR) is 91.8 cm³/mol. The molecule has 1 aliphatic heterocycles. The topological polar surface area (TPSA) is 78.3 Å². The van der Waals surface area contributed by atoms with Gasteiger partial charge in [0.15, 0.2) is 11.5 Å². The average molecular weight is 357 g/mol. The van der Waals surface area contributed by atoms with E-state index in [1.807, 2.05) is 12.1 Å². The summed E-state index contributed by atoms with van der Waals surface area (Å²) in [5, 5.41) is 7.23. The van der Waals surface area contributed by atoms with Crippen LogP contribution in [0.1, 0.15) is 10.4 Å². The van der Waals surface area contributed by atoms with Crippen molar-refractivity contribution in [3.8, 4) is 17.2 Å². The van der Waals surface area contributed by atoms with Crippen LogP contribution in [0.2, 0.25) is 5.02 Å². The number of fused-ring (bicyclic) bond motifs is 1. The van der Waals surface area contributed by atoms with Crippen molar-refractivity contribution in [3.63, 3.8) is 0 Å². The van der Waals surface area contributed by atoms with Gasteiger partial charge < -0.3 is 14.8 Å². The van der Waals surface area contributed by atoms with E-state index < -0.39 is 0 Å². The van der Waals surface area contributed by atoms with Crippen LogP contribution in [0.5, 0.6) is 11.5 Å². The van der Waals surface area contributed by atoms with Gasteiger partial charge in [0, 0.05) is 11.3 Å². The molecule has 0 saturated carbocycles. The number of rotatable bonds is 3. The molecule has 1 aliphatic rings. The molecule has 8 heteroatoms. The van der Waals surface area contributed by atoms with Gasteiger partial charge in [0.2, 0.25) is 0 Å². The number of aromatic nitrogens is 3. The first-order chi connectivity index (χ1) is 12.2. The van der Waals surface area contributed by atoms with E-state index in [-0.39, 0.29) is 5.91 Å². The molecule has 0 radical (unpaired) electrons. The largest absolute Gasteiger partial charge is 0.486 e. The molecule has 0 spiro atoms. The average Bonchev–Trinajstić information content (AvgIpc) is 3.17. The SMILES string of the molecule is O=C(Nc1ccc(-n2cncn2)cc1)c1cc(Cl)c2c(c1)OCCO2. The number of anilines is 1. The van der Waals surface area contributed by atoms with Gasteiger partial charge in [-0.15, -0.1) is 0 Å². The second-order valence-electron chi connectivity index (χ2n) is 5.32. The van der Waals surface area contributed by atoms with Gasteiger partial charge in [-0.25, -0.2) is 9.67 Å². The number of amides is 1. The van der Waals surface area contributed by atoms with Crippen LogP contribution in [-0.2, 0) is 0 Å². The zero-order valence-electron chi connectivity index (χ0n) is 13.0. The zero-order chi connectivity index (χ0) is 17.2. The Balaban J connectivity index is 1.53. The number of benzene rings is 2. The van der Waals surface area contributed by atoms with E-state index in [0.29, 0.717) is 41.0 Å². The minimum Gasteiger partial charge on any atom is -0.486 e. The number of hydrogen-bond acceptors (Lipinski definition) is 5. The lowest BCUT2D eigenvalue weighted by Crippen LogP contribution is -2.17. The Kier molecular flexibility index (Phi) is 3.99. The van der Waals surface area contributed by atoms with Crippen molar-refractivity contribution < 1.29 is 14.3 Å². The Morgan fingerprint density at radius 3 is 2.72 bits per heavy atom.